The molecule has 19 heavy (non-hydrogen) atoms. The van der Waals surface area contributed by atoms with Crippen LogP contribution in [-0.4, -0.2) is 23.2 Å². The molecule has 0 saturated carbocycles. The van der Waals surface area contributed by atoms with Crippen molar-refractivity contribution < 1.29 is 14.6 Å². The zero-order chi connectivity index (χ0) is 14.4. The second-order valence-corrected chi connectivity index (χ2v) is 5.34. The molecule has 0 fully saturated rings. The molecule has 3 N–H and O–H groups in total. The van der Waals surface area contributed by atoms with Gasteiger partial charge in [0.1, 0.15) is 5.75 Å². The van der Waals surface area contributed by atoms with E-state index in [0.29, 0.717) is 12.2 Å². The van der Waals surface area contributed by atoms with Crippen LogP contribution in [0.5, 0.6) is 5.75 Å². The quantitative estimate of drug-likeness (QED) is 0.806. The van der Waals surface area contributed by atoms with E-state index in [9.17, 15) is 4.79 Å². The van der Waals surface area contributed by atoms with Gasteiger partial charge >= 0.3 is 5.97 Å². The Balaban J connectivity index is 2.79. The van der Waals surface area contributed by atoms with Crippen molar-refractivity contribution in [3.05, 3.63) is 28.2 Å². The molecule has 1 aromatic carbocycles. The first-order chi connectivity index (χ1) is 8.97. The van der Waals surface area contributed by atoms with E-state index >= 15 is 0 Å². The number of ether oxygens (including phenoxy) is 1. The molecule has 0 spiro atoms. The van der Waals surface area contributed by atoms with Crippen LogP contribution in [0.25, 0.3) is 0 Å². The molecule has 0 heterocycles. The molecule has 0 amide bonds. The van der Waals surface area contributed by atoms with Crippen LogP contribution in [-0.2, 0) is 11.2 Å². The molecule has 4 nitrogen and oxygen atoms in total. The Morgan fingerprint density at radius 1 is 1.42 bits per heavy atom. The number of aliphatic carboxylic acids is 1. The highest BCUT2D eigenvalue weighted by Gasteiger charge is 2.18. The van der Waals surface area contributed by atoms with Crippen molar-refractivity contribution in [2.24, 2.45) is 5.73 Å². The van der Waals surface area contributed by atoms with Gasteiger partial charge in [-0.2, -0.15) is 0 Å². The molecule has 2 unspecified atom stereocenters. The van der Waals surface area contributed by atoms with Crippen LogP contribution in [0.2, 0.25) is 0 Å². The number of hydrogen-bond donors (Lipinski definition) is 2. The number of rotatable bonds is 7. The second kappa shape index (κ2) is 7.50. The largest absolute Gasteiger partial charge is 0.479 e. The van der Waals surface area contributed by atoms with E-state index < -0.39 is 12.1 Å². The average Bonchev–Trinajstić information content (AvgIpc) is 2.37. The summed E-state index contributed by atoms with van der Waals surface area (Å²) in [4.78, 5) is 10.9. The zero-order valence-corrected chi connectivity index (χ0v) is 12.8. The molecule has 0 aromatic heterocycles. The number of carbonyl (C=O) groups is 1. The minimum Gasteiger partial charge on any atom is -0.479 e. The Morgan fingerprint density at radius 3 is 2.58 bits per heavy atom. The summed E-state index contributed by atoms with van der Waals surface area (Å²) in [5.41, 5.74) is 7.02. The number of hydrogen-bond acceptors (Lipinski definition) is 3. The van der Waals surface area contributed by atoms with Crippen molar-refractivity contribution in [3.63, 3.8) is 0 Å². The van der Waals surface area contributed by atoms with Gasteiger partial charge in [0, 0.05) is 6.04 Å². The Labute approximate surface area is 122 Å². The molecule has 0 bridgehead atoms. The fraction of sp³-hybridized carbons (Fsp3) is 0.500. The maximum Gasteiger partial charge on any atom is 0.344 e. The molecule has 0 aliphatic rings. The van der Waals surface area contributed by atoms with Gasteiger partial charge in [0.15, 0.2) is 6.10 Å². The lowest BCUT2D eigenvalue weighted by atomic mass is 10.0. The molecule has 106 valence electrons. The first-order valence-corrected chi connectivity index (χ1v) is 7.20. The minimum absolute atomic E-state index is 0.140. The van der Waals surface area contributed by atoms with E-state index in [1.807, 2.05) is 12.1 Å². The van der Waals surface area contributed by atoms with Gasteiger partial charge in [-0.1, -0.05) is 19.9 Å². The Hall–Kier alpha value is -1.07. The second-order valence-electron chi connectivity index (χ2n) is 4.49. The van der Waals surface area contributed by atoms with Gasteiger partial charge in [-0.3, -0.25) is 0 Å². The van der Waals surface area contributed by atoms with Crippen LogP contribution in [0, 0.1) is 0 Å². The lowest BCUT2D eigenvalue weighted by Gasteiger charge is -2.16. The fourth-order valence-corrected chi connectivity index (χ4v) is 2.20. The Kier molecular flexibility index (Phi) is 6.31. The van der Waals surface area contributed by atoms with Crippen LogP contribution in [0.4, 0.5) is 0 Å². The van der Waals surface area contributed by atoms with Gasteiger partial charge in [-0.25, -0.2) is 4.79 Å². The maximum absolute atomic E-state index is 10.9. The van der Waals surface area contributed by atoms with E-state index in [0.717, 1.165) is 22.9 Å². The number of benzene rings is 1. The van der Waals surface area contributed by atoms with Crippen molar-refractivity contribution in [2.45, 2.75) is 45.3 Å². The molecule has 5 heteroatoms. The molecule has 1 rings (SSSR count). The third-order valence-electron chi connectivity index (χ3n) is 2.93. The summed E-state index contributed by atoms with van der Waals surface area (Å²) in [6.07, 6.45) is 1.32. The summed E-state index contributed by atoms with van der Waals surface area (Å²) in [5, 5.41) is 8.97. The van der Waals surface area contributed by atoms with Gasteiger partial charge in [0.2, 0.25) is 0 Å². The standard InChI is InChI=1S/C14H20BrNO3/c1-3-10(16)7-9-5-6-13(11(15)8-9)19-12(4-2)14(17)18/h5-6,8,10,12H,3-4,7,16H2,1-2H3,(H,17,18). The van der Waals surface area contributed by atoms with Gasteiger partial charge in [-0.05, 0) is 52.9 Å². The van der Waals surface area contributed by atoms with Crippen LogP contribution < -0.4 is 10.5 Å². The minimum atomic E-state index is -0.952. The number of halogens is 1. The fourth-order valence-electron chi connectivity index (χ4n) is 1.68. The molecular weight excluding hydrogens is 310 g/mol. The van der Waals surface area contributed by atoms with Crippen molar-refractivity contribution in [1.82, 2.24) is 0 Å². The number of carboxylic acid groups (broad SMARTS) is 1. The predicted octanol–water partition coefficient (Wildman–Crippen LogP) is 2.97. The lowest BCUT2D eigenvalue weighted by molar-refractivity contribution is -0.145. The third kappa shape index (κ3) is 4.84. The van der Waals surface area contributed by atoms with E-state index in [-0.39, 0.29) is 6.04 Å². The third-order valence-corrected chi connectivity index (χ3v) is 3.55. The molecule has 1 aromatic rings. The lowest BCUT2D eigenvalue weighted by Crippen LogP contribution is -2.26. The van der Waals surface area contributed by atoms with Gasteiger partial charge in [-0.15, -0.1) is 0 Å². The molecule has 0 aliphatic carbocycles. The van der Waals surface area contributed by atoms with Crippen molar-refractivity contribution in [2.75, 3.05) is 0 Å². The summed E-state index contributed by atoms with van der Waals surface area (Å²) in [7, 11) is 0. The van der Waals surface area contributed by atoms with Crippen LogP contribution in [0.1, 0.15) is 32.3 Å². The first-order valence-electron chi connectivity index (χ1n) is 6.41. The summed E-state index contributed by atoms with van der Waals surface area (Å²) in [5.74, 6) is -0.408. The van der Waals surface area contributed by atoms with Gasteiger partial charge in [0.25, 0.3) is 0 Å². The highest BCUT2D eigenvalue weighted by molar-refractivity contribution is 9.10. The summed E-state index contributed by atoms with van der Waals surface area (Å²) in [6.45, 7) is 3.83. The van der Waals surface area contributed by atoms with Crippen LogP contribution in [0.15, 0.2) is 22.7 Å². The summed E-state index contributed by atoms with van der Waals surface area (Å²) >= 11 is 3.41. The summed E-state index contributed by atoms with van der Waals surface area (Å²) in [6, 6.07) is 5.78. The number of carboxylic acids is 1. The van der Waals surface area contributed by atoms with Crippen LogP contribution >= 0.6 is 15.9 Å². The predicted molar refractivity (Wildman–Crippen MR) is 78.5 cm³/mol. The van der Waals surface area contributed by atoms with Crippen molar-refractivity contribution >= 4 is 21.9 Å². The monoisotopic (exact) mass is 329 g/mol. The maximum atomic E-state index is 10.9. The normalized spacial score (nSPS) is 13.9. The van der Waals surface area contributed by atoms with E-state index in [2.05, 4.69) is 22.9 Å². The molecular formula is C14H20BrNO3. The SMILES string of the molecule is CCC(N)Cc1ccc(OC(CC)C(=O)O)c(Br)c1. The highest BCUT2D eigenvalue weighted by Crippen LogP contribution is 2.28. The first kappa shape index (κ1) is 16.0. The van der Waals surface area contributed by atoms with Crippen molar-refractivity contribution in [1.29, 1.82) is 0 Å². The molecule has 2 atom stereocenters. The van der Waals surface area contributed by atoms with E-state index in [4.69, 9.17) is 15.6 Å². The van der Waals surface area contributed by atoms with Gasteiger partial charge < -0.3 is 15.6 Å². The zero-order valence-electron chi connectivity index (χ0n) is 11.2. The van der Waals surface area contributed by atoms with E-state index in [1.54, 1.807) is 13.0 Å². The van der Waals surface area contributed by atoms with Crippen molar-refractivity contribution in [3.8, 4) is 5.75 Å². The Morgan fingerprint density at radius 2 is 2.11 bits per heavy atom. The Bertz CT molecular complexity index is 437. The molecule has 0 aliphatic heterocycles. The topological polar surface area (TPSA) is 72.5 Å². The van der Waals surface area contributed by atoms with E-state index in [1.165, 1.54) is 0 Å². The highest BCUT2D eigenvalue weighted by atomic mass is 79.9. The van der Waals surface area contributed by atoms with Crippen LogP contribution in [0.3, 0.4) is 0 Å². The smallest absolute Gasteiger partial charge is 0.344 e. The molecule has 0 saturated heterocycles. The van der Waals surface area contributed by atoms with Gasteiger partial charge in [0.05, 0.1) is 4.47 Å². The number of nitrogens with two attached hydrogens (primary N) is 1. The molecule has 0 radical (unpaired) electrons. The summed E-state index contributed by atoms with van der Waals surface area (Å²) < 4.78 is 6.22. The average molecular weight is 330 g/mol.